The lowest BCUT2D eigenvalue weighted by Gasteiger charge is -2.06. The van der Waals surface area contributed by atoms with Crippen molar-refractivity contribution in [1.29, 1.82) is 0 Å². The van der Waals surface area contributed by atoms with Crippen molar-refractivity contribution in [2.45, 2.75) is 6.42 Å². The molecular weight excluding hydrogens is 220 g/mol. The van der Waals surface area contributed by atoms with Crippen molar-refractivity contribution < 1.29 is 14.3 Å². The van der Waals surface area contributed by atoms with E-state index in [4.69, 9.17) is 11.6 Å². The van der Waals surface area contributed by atoms with E-state index in [1.807, 2.05) is 0 Å². The summed E-state index contributed by atoms with van der Waals surface area (Å²) in [6, 6.07) is 0. The van der Waals surface area contributed by atoms with E-state index in [2.05, 4.69) is 15.0 Å². The lowest BCUT2D eigenvalue weighted by molar-refractivity contribution is -0.115. The van der Waals surface area contributed by atoms with E-state index in [9.17, 15) is 9.59 Å². The van der Waals surface area contributed by atoms with Crippen LogP contribution in [0.5, 0.6) is 0 Å². The Hall–Kier alpha value is -1.62. The van der Waals surface area contributed by atoms with Crippen LogP contribution < -0.4 is 5.32 Å². The molecule has 0 saturated carbocycles. The van der Waals surface area contributed by atoms with E-state index >= 15 is 0 Å². The number of rotatable bonds is 1. The van der Waals surface area contributed by atoms with Gasteiger partial charge in [0.15, 0.2) is 0 Å². The molecule has 5 nitrogen and oxygen atoms in total. The molecule has 0 aliphatic carbocycles. The van der Waals surface area contributed by atoms with Gasteiger partial charge in [0.25, 0.3) is 0 Å². The number of hydrogen-bond acceptors (Lipinski definition) is 4. The van der Waals surface area contributed by atoms with Gasteiger partial charge in [0, 0.05) is 11.8 Å². The number of pyridine rings is 1. The predicted molar refractivity (Wildman–Crippen MR) is 52.9 cm³/mol. The molecule has 0 radical (unpaired) electrons. The Kier molecular flexibility index (Phi) is 2.32. The second-order valence-electron chi connectivity index (χ2n) is 3.02. The molecule has 0 atom stereocenters. The third-order valence-electron chi connectivity index (χ3n) is 2.12. The Morgan fingerprint density at radius 3 is 3.07 bits per heavy atom. The third kappa shape index (κ3) is 1.55. The number of amides is 1. The minimum atomic E-state index is -0.560. The maximum Gasteiger partial charge on any atom is 0.339 e. The molecule has 0 spiro atoms. The molecule has 2 heterocycles. The van der Waals surface area contributed by atoms with Crippen molar-refractivity contribution in [1.82, 2.24) is 4.98 Å². The molecule has 1 amide bonds. The highest BCUT2D eigenvalue weighted by Crippen LogP contribution is 2.29. The largest absolute Gasteiger partial charge is 0.465 e. The summed E-state index contributed by atoms with van der Waals surface area (Å²) in [4.78, 5) is 26.5. The first kappa shape index (κ1) is 9.92. The molecule has 1 aliphatic rings. The maximum atomic E-state index is 11.4. The Labute approximate surface area is 90.4 Å². The molecule has 1 aromatic rings. The molecule has 78 valence electrons. The third-order valence-corrected chi connectivity index (χ3v) is 2.40. The second kappa shape index (κ2) is 3.51. The van der Waals surface area contributed by atoms with Crippen LogP contribution >= 0.6 is 11.6 Å². The van der Waals surface area contributed by atoms with Gasteiger partial charge in [-0.2, -0.15) is 0 Å². The quantitative estimate of drug-likeness (QED) is 0.726. The summed E-state index contributed by atoms with van der Waals surface area (Å²) in [5.74, 6) is -0.384. The molecule has 0 saturated heterocycles. The Morgan fingerprint density at radius 2 is 2.40 bits per heavy atom. The number of fused-ring (bicyclic) bond motifs is 1. The summed E-state index contributed by atoms with van der Waals surface area (Å²) in [6.07, 6.45) is 1.42. The van der Waals surface area contributed by atoms with Crippen molar-refractivity contribution in [3.8, 4) is 0 Å². The highest BCUT2D eigenvalue weighted by molar-refractivity contribution is 6.34. The normalized spacial score (nSPS) is 13.3. The fourth-order valence-corrected chi connectivity index (χ4v) is 1.71. The van der Waals surface area contributed by atoms with Crippen LogP contribution in [0.4, 0.5) is 5.82 Å². The smallest absolute Gasteiger partial charge is 0.339 e. The summed E-state index contributed by atoms with van der Waals surface area (Å²) < 4.78 is 4.59. The molecule has 1 N–H and O–H groups in total. The van der Waals surface area contributed by atoms with E-state index in [0.29, 0.717) is 11.4 Å². The van der Waals surface area contributed by atoms with Crippen molar-refractivity contribution >= 4 is 29.3 Å². The van der Waals surface area contributed by atoms with Crippen molar-refractivity contribution in [3.05, 3.63) is 22.3 Å². The molecule has 6 heteroatoms. The van der Waals surface area contributed by atoms with Crippen molar-refractivity contribution in [2.24, 2.45) is 0 Å². The SMILES string of the molecule is COC(=O)c1c(Cl)cnc2c1CC(=O)N2. The average Bonchev–Trinajstić information content (AvgIpc) is 2.57. The van der Waals surface area contributed by atoms with Crippen LogP contribution in [0, 0.1) is 0 Å². The zero-order chi connectivity index (χ0) is 11.0. The predicted octanol–water partition coefficient (Wildman–Crippen LogP) is 1.02. The number of anilines is 1. The zero-order valence-electron chi connectivity index (χ0n) is 7.83. The summed E-state index contributed by atoms with van der Waals surface area (Å²) in [5, 5.41) is 2.72. The molecule has 1 aromatic heterocycles. The van der Waals surface area contributed by atoms with Gasteiger partial charge in [0.05, 0.1) is 24.1 Å². The summed E-state index contributed by atoms with van der Waals surface area (Å²) >= 11 is 5.83. The number of halogens is 1. The number of carbonyl (C=O) groups is 2. The number of aromatic nitrogens is 1. The fourth-order valence-electron chi connectivity index (χ4n) is 1.47. The Morgan fingerprint density at radius 1 is 1.67 bits per heavy atom. The number of nitrogens with one attached hydrogen (secondary N) is 1. The van der Waals surface area contributed by atoms with Crippen molar-refractivity contribution in [3.63, 3.8) is 0 Å². The number of esters is 1. The van der Waals surface area contributed by atoms with Gasteiger partial charge in [-0.1, -0.05) is 11.6 Å². The number of methoxy groups -OCH3 is 1. The minimum Gasteiger partial charge on any atom is -0.465 e. The zero-order valence-corrected chi connectivity index (χ0v) is 8.59. The maximum absolute atomic E-state index is 11.4. The highest BCUT2D eigenvalue weighted by atomic mass is 35.5. The van der Waals surface area contributed by atoms with Gasteiger partial charge in [-0.25, -0.2) is 9.78 Å². The van der Waals surface area contributed by atoms with E-state index in [-0.39, 0.29) is 22.9 Å². The minimum absolute atomic E-state index is 0.104. The Balaban J connectivity index is 2.59. The number of carbonyl (C=O) groups excluding carboxylic acids is 2. The summed E-state index contributed by atoms with van der Waals surface area (Å²) in [6.45, 7) is 0. The molecule has 2 rings (SSSR count). The van der Waals surface area contributed by atoms with Crippen LogP contribution in [0.25, 0.3) is 0 Å². The molecule has 0 aromatic carbocycles. The summed E-state index contributed by atoms with van der Waals surface area (Å²) in [7, 11) is 1.26. The molecule has 15 heavy (non-hydrogen) atoms. The van der Waals surface area contributed by atoms with Gasteiger partial charge in [-0.05, 0) is 0 Å². The first-order valence-corrected chi connectivity index (χ1v) is 4.57. The molecule has 0 unspecified atom stereocenters. The monoisotopic (exact) mass is 226 g/mol. The first-order valence-electron chi connectivity index (χ1n) is 4.19. The van der Waals surface area contributed by atoms with Gasteiger partial charge < -0.3 is 10.1 Å². The number of ether oxygens (including phenoxy) is 1. The number of hydrogen-bond donors (Lipinski definition) is 1. The Bertz CT molecular complexity index is 459. The topological polar surface area (TPSA) is 68.3 Å². The van der Waals surface area contributed by atoms with E-state index in [1.165, 1.54) is 13.3 Å². The van der Waals surface area contributed by atoms with Gasteiger partial charge in [-0.15, -0.1) is 0 Å². The molecular formula is C9H7ClN2O3. The van der Waals surface area contributed by atoms with Gasteiger partial charge in [0.2, 0.25) is 5.91 Å². The lowest BCUT2D eigenvalue weighted by atomic mass is 10.1. The van der Waals surface area contributed by atoms with E-state index in [0.717, 1.165) is 0 Å². The second-order valence-corrected chi connectivity index (χ2v) is 3.43. The van der Waals surface area contributed by atoms with Crippen LogP contribution in [-0.4, -0.2) is 24.0 Å². The van der Waals surface area contributed by atoms with Crippen LogP contribution in [0.2, 0.25) is 5.02 Å². The number of nitrogens with zero attached hydrogens (tertiary/aromatic N) is 1. The average molecular weight is 227 g/mol. The lowest BCUT2D eigenvalue weighted by Crippen LogP contribution is -2.07. The van der Waals surface area contributed by atoms with E-state index in [1.54, 1.807) is 0 Å². The van der Waals surface area contributed by atoms with Gasteiger partial charge >= 0.3 is 5.97 Å². The molecule has 0 fully saturated rings. The van der Waals surface area contributed by atoms with E-state index < -0.39 is 5.97 Å². The van der Waals surface area contributed by atoms with Crippen LogP contribution in [0.3, 0.4) is 0 Å². The van der Waals surface area contributed by atoms with Gasteiger partial charge in [-0.3, -0.25) is 4.79 Å². The van der Waals surface area contributed by atoms with Crippen LogP contribution in [0.1, 0.15) is 15.9 Å². The van der Waals surface area contributed by atoms with Crippen molar-refractivity contribution in [2.75, 3.05) is 12.4 Å². The fraction of sp³-hybridized carbons (Fsp3) is 0.222. The molecule has 1 aliphatic heterocycles. The summed E-state index contributed by atoms with van der Waals surface area (Å²) in [5.41, 5.74) is 0.710. The van der Waals surface area contributed by atoms with Crippen LogP contribution in [0.15, 0.2) is 6.20 Å². The standard InChI is InChI=1S/C9H7ClN2O3/c1-15-9(14)7-4-2-6(13)12-8(4)11-3-5(7)10/h3H,2H2,1H3,(H,11,12,13). The van der Waals surface area contributed by atoms with Crippen LogP contribution in [-0.2, 0) is 16.0 Å². The first-order chi connectivity index (χ1) is 7.13. The van der Waals surface area contributed by atoms with Gasteiger partial charge in [0.1, 0.15) is 5.82 Å². The molecule has 0 bridgehead atoms. The highest BCUT2D eigenvalue weighted by Gasteiger charge is 2.27.